The van der Waals surface area contributed by atoms with Crippen LogP contribution in [0.2, 0.25) is 5.02 Å². The molecule has 2 aromatic rings. The van der Waals surface area contributed by atoms with Gasteiger partial charge < -0.3 is 19.5 Å². The zero-order chi connectivity index (χ0) is 18.6. The van der Waals surface area contributed by atoms with Gasteiger partial charge in [0.15, 0.2) is 5.60 Å². The average molecular weight is 450 g/mol. The summed E-state index contributed by atoms with van der Waals surface area (Å²) in [6, 6.07) is 7.19. The summed E-state index contributed by atoms with van der Waals surface area (Å²) < 4.78 is 8.27. The number of carbonyl (C=O) groups is 1. The molecule has 0 saturated carbocycles. The molecule has 1 N–H and O–H groups in total. The molecule has 1 fully saturated rings. The first-order valence-electron chi connectivity index (χ1n) is 8.89. The molecule has 1 aliphatic rings. The number of hydrogen-bond donors (Lipinski definition) is 1. The molecule has 9 heteroatoms. The van der Waals surface area contributed by atoms with Crippen LogP contribution in [0.25, 0.3) is 0 Å². The number of ether oxygens (including phenoxy) is 1. The Morgan fingerprint density at radius 2 is 1.93 bits per heavy atom. The van der Waals surface area contributed by atoms with Gasteiger partial charge in [-0.25, -0.2) is 4.98 Å². The van der Waals surface area contributed by atoms with Crippen LogP contribution in [0.3, 0.4) is 0 Å². The number of hydrogen-bond acceptors (Lipinski definition) is 4. The third-order valence-corrected chi connectivity index (χ3v) is 5.13. The molecule has 1 amide bonds. The minimum Gasteiger partial charge on any atom is -0.477 e. The first-order chi connectivity index (χ1) is 12.5. The van der Waals surface area contributed by atoms with E-state index in [0.717, 1.165) is 18.9 Å². The molecule has 1 aromatic heterocycles. The molecule has 2 heterocycles. The first-order valence-corrected chi connectivity index (χ1v) is 9.27. The molecule has 1 aromatic carbocycles. The summed E-state index contributed by atoms with van der Waals surface area (Å²) in [7, 11) is 1.84. The van der Waals surface area contributed by atoms with Gasteiger partial charge in [-0.05, 0) is 44.3 Å². The lowest BCUT2D eigenvalue weighted by atomic mass is 9.90. The van der Waals surface area contributed by atoms with Crippen molar-refractivity contribution in [2.24, 2.45) is 0 Å². The second-order valence-corrected chi connectivity index (χ2v) is 7.13. The van der Waals surface area contributed by atoms with Crippen LogP contribution in [0.4, 0.5) is 0 Å². The maximum absolute atomic E-state index is 13.3. The lowest BCUT2D eigenvalue weighted by Gasteiger charge is -2.39. The Labute approximate surface area is 183 Å². The SMILES string of the molecule is Cc1nccn1CCN(C)C(=O)C1(Oc2ccc(Cl)cc2)CCNCC1.Cl.Cl. The number of imidazole rings is 1. The molecule has 0 unspecified atom stereocenters. The van der Waals surface area contributed by atoms with E-state index in [9.17, 15) is 4.79 Å². The van der Waals surface area contributed by atoms with Gasteiger partial charge in [0.25, 0.3) is 5.91 Å². The summed E-state index contributed by atoms with van der Waals surface area (Å²) in [5, 5.41) is 3.95. The molecule has 156 valence electrons. The number of nitrogens with one attached hydrogen (secondary N) is 1. The van der Waals surface area contributed by atoms with Crippen LogP contribution in [-0.4, -0.2) is 52.6 Å². The number of aromatic nitrogens is 2. The molecule has 28 heavy (non-hydrogen) atoms. The predicted molar refractivity (Wildman–Crippen MR) is 116 cm³/mol. The van der Waals surface area contributed by atoms with Gasteiger partial charge in [0, 0.05) is 50.4 Å². The van der Waals surface area contributed by atoms with Crippen LogP contribution in [0.1, 0.15) is 18.7 Å². The van der Waals surface area contributed by atoms with Gasteiger partial charge in [0.1, 0.15) is 11.6 Å². The van der Waals surface area contributed by atoms with Crippen molar-refractivity contribution in [2.45, 2.75) is 31.9 Å². The van der Waals surface area contributed by atoms with Gasteiger partial charge in [-0.15, -0.1) is 24.8 Å². The van der Waals surface area contributed by atoms with Gasteiger partial charge in [-0.2, -0.15) is 0 Å². The number of benzene rings is 1. The van der Waals surface area contributed by atoms with E-state index in [4.69, 9.17) is 16.3 Å². The first kappa shape index (κ1) is 24.6. The number of amides is 1. The zero-order valence-electron chi connectivity index (χ0n) is 16.1. The molecule has 3 rings (SSSR count). The Morgan fingerprint density at radius 3 is 2.50 bits per heavy atom. The van der Waals surface area contributed by atoms with E-state index < -0.39 is 5.60 Å². The summed E-state index contributed by atoms with van der Waals surface area (Å²) >= 11 is 5.96. The van der Waals surface area contributed by atoms with E-state index in [1.807, 2.05) is 36.9 Å². The van der Waals surface area contributed by atoms with Crippen molar-refractivity contribution in [1.29, 1.82) is 0 Å². The summed E-state index contributed by atoms with van der Waals surface area (Å²) in [4.78, 5) is 19.2. The van der Waals surface area contributed by atoms with Gasteiger partial charge in [-0.1, -0.05) is 11.6 Å². The third-order valence-electron chi connectivity index (χ3n) is 4.87. The van der Waals surface area contributed by atoms with Crippen molar-refractivity contribution in [2.75, 3.05) is 26.7 Å². The standard InChI is InChI=1S/C19H25ClN4O2.2ClH/c1-15-22-11-12-24(15)14-13-23(2)18(25)19(7-9-21-10-8-19)26-17-5-3-16(20)4-6-17;;/h3-6,11-12,21H,7-10,13-14H2,1-2H3;2*1H. The van der Waals surface area contributed by atoms with Gasteiger partial charge in [0.2, 0.25) is 0 Å². The van der Waals surface area contributed by atoms with Gasteiger partial charge in [-0.3, -0.25) is 4.79 Å². The summed E-state index contributed by atoms with van der Waals surface area (Å²) in [6.07, 6.45) is 4.99. The fraction of sp³-hybridized carbons (Fsp3) is 0.474. The van der Waals surface area contributed by atoms with Crippen LogP contribution < -0.4 is 10.1 Å². The highest BCUT2D eigenvalue weighted by molar-refractivity contribution is 6.30. The fourth-order valence-electron chi connectivity index (χ4n) is 3.27. The Morgan fingerprint density at radius 1 is 1.29 bits per heavy atom. The Kier molecular flexibility index (Phi) is 9.57. The Balaban J connectivity index is 0.00000196. The minimum atomic E-state index is -0.836. The number of aryl methyl sites for hydroxylation is 1. The predicted octanol–water partition coefficient (Wildman–Crippen LogP) is 3.35. The quantitative estimate of drug-likeness (QED) is 0.735. The van der Waals surface area contributed by atoms with Crippen LogP contribution in [0, 0.1) is 6.92 Å². The number of piperidine rings is 1. The molecule has 1 aliphatic heterocycles. The number of rotatable bonds is 6. The largest absolute Gasteiger partial charge is 0.477 e. The highest BCUT2D eigenvalue weighted by atomic mass is 35.5. The fourth-order valence-corrected chi connectivity index (χ4v) is 3.39. The second-order valence-electron chi connectivity index (χ2n) is 6.69. The van der Waals surface area contributed by atoms with Crippen molar-refractivity contribution in [3.8, 4) is 5.75 Å². The van der Waals surface area contributed by atoms with Crippen LogP contribution in [0.5, 0.6) is 5.75 Å². The van der Waals surface area contributed by atoms with E-state index in [1.165, 1.54) is 0 Å². The Hall–Kier alpha value is -1.47. The highest BCUT2D eigenvalue weighted by Crippen LogP contribution is 2.29. The van der Waals surface area contributed by atoms with Crippen LogP contribution in [-0.2, 0) is 11.3 Å². The third kappa shape index (κ3) is 5.77. The van der Waals surface area contributed by atoms with Crippen molar-refractivity contribution >= 4 is 42.3 Å². The van der Waals surface area contributed by atoms with E-state index in [-0.39, 0.29) is 30.7 Å². The van der Waals surface area contributed by atoms with Crippen molar-refractivity contribution in [3.05, 3.63) is 47.5 Å². The van der Waals surface area contributed by atoms with Crippen molar-refractivity contribution in [1.82, 2.24) is 19.8 Å². The lowest BCUT2D eigenvalue weighted by Crippen LogP contribution is -2.57. The van der Waals surface area contributed by atoms with E-state index in [1.54, 1.807) is 23.2 Å². The van der Waals surface area contributed by atoms with Crippen molar-refractivity contribution in [3.63, 3.8) is 0 Å². The van der Waals surface area contributed by atoms with E-state index in [2.05, 4.69) is 10.3 Å². The second kappa shape index (κ2) is 10.9. The Bertz CT molecular complexity index is 746. The highest BCUT2D eigenvalue weighted by Gasteiger charge is 2.43. The summed E-state index contributed by atoms with van der Waals surface area (Å²) in [6.45, 7) is 4.79. The van der Waals surface area contributed by atoms with E-state index >= 15 is 0 Å². The molecule has 0 bridgehead atoms. The maximum Gasteiger partial charge on any atom is 0.266 e. The monoisotopic (exact) mass is 448 g/mol. The normalized spacial score (nSPS) is 15.1. The zero-order valence-corrected chi connectivity index (χ0v) is 18.4. The molecule has 0 atom stereocenters. The molecule has 0 aliphatic carbocycles. The van der Waals surface area contributed by atoms with Crippen molar-refractivity contribution < 1.29 is 9.53 Å². The molecular weight excluding hydrogens is 423 g/mol. The van der Waals surface area contributed by atoms with Gasteiger partial charge in [0.05, 0.1) is 0 Å². The van der Waals surface area contributed by atoms with Crippen LogP contribution in [0.15, 0.2) is 36.7 Å². The average Bonchev–Trinajstić information content (AvgIpc) is 3.06. The molecule has 1 saturated heterocycles. The number of likely N-dealkylation sites (N-methyl/N-ethyl adjacent to an activating group) is 1. The van der Waals surface area contributed by atoms with E-state index in [0.29, 0.717) is 36.7 Å². The summed E-state index contributed by atoms with van der Waals surface area (Å²) in [5.74, 6) is 1.63. The smallest absolute Gasteiger partial charge is 0.266 e. The van der Waals surface area contributed by atoms with Crippen LogP contribution >= 0.6 is 36.4 Å². The van der Waals surface area contributed by atoms with Gasteiger partial charge >= 0.3 is 0 Å². The molecule has 0 spiro atoms. The number of halogens is 3. The summed E-state index contributed by atoms with van der Waals surface area (Å²) in [5.41, 5.74) is -0.836. The lowest BCUT2D eigenvalue weighted by molar-refractivity contribution is -0.149. The number of nitrogens with zero attached hydrogens (tertiary/aromatic N) is 3. The number of carbonyl (C=O) groups excluding carboxylic acids is 1. The molecule has 6 nitrogen and oxygen atoms in total. The maximum atomic E-state index is 13.3. The molecule has 0 radical (unpaired) electrons. The minimum absolute atomic E-state index is 0. The topological polar surface area (TPSA) is 59.4 Å². The molecular formula is C19H27Cl3N4O2.